The molecule has 0 radical (unpaired) electrons. The van der Waals surface area contributed by atoms with Crippen molar-refractivity contribution in [1.29, 1.82) is 5.41 Å². The van der Waals surface area contributed by atoms with Crippen molar-refractivity contribution in [3.05, 3.63) is 35.4 Å². The van der Waals surface area contributed by atoms with E-state index in [1.165, 1.54) is 0 Å². The molecule has 1 rings (SSSR count). The Morgan fingerprint density at radius 1 is 1.06 bits per heavy atom. The number of nitrogens with two attached hydrogens (primary N) is 2. The average Bonchev–Trinajstić information content (AvgIpc) is 2.74. The molecule has 11 nitrogen and oxygen atoms in total. The summed E-state index contributed by atoms with van der Waals surface area (Å²) in [7, 11) is -3.69. The third-order valence-corrected chi connectivity index (χ3v) is 6.60. The second kappa shape index (κ2) is 12.9. The molecule has 0 aliphatic carbocycles. The highest BCUT2D eigenvalue weighted by atomic mass is 32.2. The Kier molecular flexibility index (Phi) is 11.0. The molecule has 0 bridgehead atoms. The van der Waals surface area contributed by atoms with E-state index in [1.807, 2.05) is 6.92 Å². The van der Waals surface area contributed by atoms with Crippen LogP contribution in [0.5, 0.6) is 0 Å². The maximum Gasteiger partial charge on any atom is 0.243 e. The minimum Gasteiger partial charge on any atom is -0.384 e. The van der Waals surface area contributed by atoms with Gasteiger partial charge in [-0.25, -0.2) is 13.1 Å². The molecule has 184 valence electrons. The van der Waals surface area contributed by atoms with Gasteiger partial charge in [0.25, 0.3) is 0 Å². The molecule has 0 aromatic heterocycles. The van der Waals surface area contributed by atoms with Crippen LogP contribution in [-0.4, -0.2) is 49.8 Å². The lowest BCUT2D eigenvalue weighted by Crippen LogP contribution is -2.56. The SMILES string of the molecule is CCCS(=O)(=O)N[C@@H](C(=O)N[C@@H](CC(N)=O)C(=O)NCc1ccc(C(=N)N)cc1)C(C)CC. The third-order valence-electron chi connectivity index (χ3n) is 5.04. The van der Waals surface area contributed by atoms with Crippen LogP contribution in [0.3, 0.4) is 0 Å². The van der Waals surface area contributed by atoms with Gasteiger partial charge in [0.2, 0.25) is 27.7 Å². The summed E-state index contributed by atoms with van der Waals surface area (Å²) in [6.45, 7) is 5.33. The molecule has 0 fully saturated rings. The normalized spacial score (nSPS) is 14.0. The number of amides is 3. The quantitative estimate of drug-likeness (QED) is 0.155. The number of amidine groups is 1. The zero-order valence-corrected chi connectivity index (χ0v) is 20.0. The average molecular weight is 483 g/mol. The Morgan fingerprint density at radius 2 is 1.67 bits per heavy atom. The van der Waals surface area contributed by atoms with Crippen LogP contribution < -0.4 is 26.8 Å². The highest BCUT2D eigenvalue weighted by Gasteiger charge is 2.32. The summed E-state index contributed by atoms with van der Waals surface area (Å²) >= 11 is 0. The van der Waals surface area contributed by atoms with Crippen molar-refractivity contribution in [2.75, 3.05) is 5.75 Å². The standard InChI is InChI=1S/C21H34N6O5S/c1-4-10-33(31,32)27-18(13(3)5-2)21(30)26-16(11-17(22)28)20(29)25-12-14-6-8-15(9-7-14)19(23)24/h6-9,13,16,18,27H,4-5,10-12H2,1-3H3,(H2,22,28)(H3,23,24)(H,25,29)(H,26,30)/t13?,16-,18+/m0/s1. The molecule has 0 saturated heterocycles. The first kappa shape index (κ1) is 28.0. The van der Waals surface area contributed by atoms with Crippen LogP contribution in [0.2, 0.25) is 0 Å². The van der Waals surface area contributed by atoms with Gasteiger partial charge in [0.05, 0.1) is 12.2 Å². The molecule has 0 saturated carbocycles. The van der Waals surface area contributed by atoms with Crippen LogP contribution in [0, 0.1) is 11.3 Å². The van der Waals surface area contributed by atoms with E-state index in [9.17, 15) is 22.8 Å². The number of benzene rings is 1. The van der Waals surface area contributed by atoms with Crippen LogP contribution in [-0.2, 0) is 31.0 Å². The Labute approximate surface area is 194 Å². The fraction of sp³-hybridized carbons (Fsp3) is 0.524. The first-order valence-corrected chi connectivity index (χ1v) is 12.3. The number of rotatable bonds is 14. The fourth-order valence-corrected chi connectivity index (χ4v) is 4.35. The summed E-state index contributed by atoms with van der Waals surface area (Å²) in [4.78, 5) is 37.1. The van der Waals surface area contributed by atoms with Crippen molar-refractivity contribution in [3.8, 4) is 0 Å². The second-order valence-electron chi connectivity index (χ2n) is 7.86. The summed E-state index contributed by atoms with van der Waals surface area (Å²) in [6.07, 6.45) is 0.440. The predicted molar refractivity (Wildman–Crippen MR) is 126 cm³/mol. The van der Waals surface area contributed by atoms with Gasteiger partial charge in [-0.3, -0.25) is 19.8 Å². The topological polar surface area (TPSA) is 197 Å². The van der Waals surface area contributed by atoms with Crippen molar-refractivity contribution >= 4 is 33.6 Å². The number of carbonyl (C=O) groups excluding carboxylic acids is 3. The summed E-state index contributed by atoms with van der Waals surface area (Å²) in [5.74, 6) is -2.73. The van der Waals surface area contributed by atoms with E-state index in [-0.39, 0.29) is 24.1 Å². The zero-order valence-electron chi connectivity index (χ0n) is 19.2. The van der Waals surface area contributed by atoms with Crippen LogP contribution >= 0.6 is 0 Å². The lowest BCUT2D eigenvalue weighted by molar-refractivity contribution is -0.132. The number of hydrogen-bond donors (Lipinski definition) is 6. The van der Waals surface area contributed by atoms with Gasteiger partial charge < -0.3 is 22.1 Å². The Balaban J connectivity index is 2.93. The van der Waals surface area contributed by atoms with E-state index in [0.29, 0.717) is 24.0 Å². The molecule has 0 heterocycles. The smallest absolute Gasteiger partial charge is 0.243 e. The molecule has 1 unspecified atom stereocenters. The summed E-state index contributed by atoms with van der Waals surface area (Å²) in [5, 5.41) is 12.5. The molecule has 12 heteroatoms. The van der Waals surface area contributed by atoms with Gasteiger partial charge in [0.1, 0.15) is 17.9 Å². The summed E-state index contributed by atoms with van der Waals surface area (Å²) in [6, 6.07) is 4.25. The first-order valence-electron chi connectivity index (χ1n) is 10.7. The molecular formula is C21H34N6O5S. The molecule has 1 aromatic carbocycles. The maximum atomic E-state index is 12.9. The molecule has 0 aliphatic heterocycles. The van der Waals surface area contributed by atoms with E-state index in [1.54, 1.807) is 38.1 Å². The van der Waals surface area contributed by atoms with Crippen molar-refractivity contribution in [2.45, 2.75) is 58.7 Å². The van der Waals surface area contributed by atoms with E-state index in [0.717, 1.165) is 0 Å². The third kappa shape index (κ3) is 9.58. The van der Waals surface area contributed by atoms with Crippen molar-refractivity contribution < 1.29 is 22.8 Å². The monoisotopic (exact) mass is 482 g/mol. The molecule has 33 heavy (non-hydrogen) atoms. The zero-order chi connectivity index (χ0) is 25.2. The number of nitrogen functional groups attached to an aromatic ring is 1. The largest absolute Gasteiger partial charge is 0.384 e. The highest BCUT2D eigenvalue weighted by Crippen LogP contribution is 2.11. The van der Waals surface area contributed by atoms with E-state index >= 15 is 0 Å². The van der Waals surface area contributed by atoms with Gasteiger partial charge in [0, 0.05) is 12.1 Å². The van der Waals surface area contributed by atoms with Crippen molar-refractivity contribution in [2.24, 2.45) is 17.4 Å². The van der Waals surface area contributed by atoms with Crippen molar-refractivity contribution in [3.63, 3.8) is 0 Å². The van der Waals surface area contributed by atoms with Crippen LogP contribution in [0.15, 0.2) is 24.3 Å². The molecule has 3 amide bonds. The Bertz CT molecular complexity index is 948. The van der Waals surface area contributed by atoms with E-state index < -0.39 is 46.2 Å². The maximum absolute atomic E-state index is 12.9. The van der Waals surface area contributed by atoms with Crippen LogP contribution in [0.25, 0.3) is 0 Å². The molecule has 0 aliphatic rings. The van der Waals surface area contributed by atoms with Gasteiger partial charge in [-0.05, 0) is 17.9 Å². The van der Waals surface area contributed by atoms with Gasteiger partial charge in [-0.1, -0.05) is 51.5 Å². The molecule has 1 aromatic rings. The summed E-state index contributed by atoms with van der Waals surface area (Å²) in [5.41, 5.74) is 11.9. The minimum absolute atomic E-state index is 0.0831. The van der Waals surface area contributed by atoms with Gasteiger partial charge >= 0.3 is 0 Å². The molecular weight excluding hydrogens is 448 g/mol. The van der Waals surface area contributed by atoms with E-state index in [4.69, 9.17) is 16.9 Å². The number of carbonyl (C=O) groups is 3. The molecule has 8 N–H and O–H groups in total. The number of primary amides is 1. The lowest BCUT2D eigenvalue weighted by Gasteiger charge is -2.26. The lowest BCUT2D eigenvalue weighted by atomic mass is 9.99. The van der Waals surface area contributed by atoms with Gasteiger partial charge in [-0.15, -0.1) is 0 Å². The fourth-order valence-electron chi connectivity index (χ4n) is 2.97. The summed E-state index contributed by atoms with van der Waals surface area (Å²) < 4.78 is 26.8. The highest BCUT2D eigenvalue weighted by molar-refractivity contribution is 7.89. The number of hydrogen-bond acceptors (Lipinski definition) is 6. The minimum atomic E-state index is -3.69. The molecule has 0 spiro atoms. The Morgan fingerprint density at radius 3 is 2.15 bits per heavy atom. The molecule has 3 atom stereocenters. The second-order valence-corrected chi connectivity index (χ2v) is 9.73. The van der Waals surface area contributed by atoms with Gasteiger partial charge in [0.15, 0.2) is 0 Å². The first-order chi connectivity index (χ1) is 15.4. The van der Waals surface area contributed by atoms with E-state index in [2.05, 4.69) is 15.4 Å². The van der Waals surface area contributed by atoms with Crippen molar-refractivity contribution in [1.82, 2.24) is 15.4 Å². The number of sulfonamides is 1. The predicted octanol–water partition coefficient (Wildman–Crippen LogP) is -0.309. The van der Waals surface area contributed by atoms with Gasteiger partial charge in [-0.2, -0.15) is 0 Å². The van der Waals surface area contributed by atoms with Crippen LogP contribution in [0.1, 0.15) is 51.2 Å². The Hall–Kier alpha value is -2.99. The number of nitrogens with one attached hydrogen (secondary N) is 4. The van der Waals surface area contributed by atoms with Crippen LogP contribution in [0.4, 0.5) is 0 Å².